The highest BCUT2D eigenvalue weighted by Crippen LogP contribution is 2.43. The number of aliphatic hydroxyl groups excluding tert-OH is 8. The molecule has 0 unspecified atom stereocenters. The Hall–Kier alpha value is -5.22. The first-order valence-electron chi connectivity index (χ1n) is 33.1. The van der Waals surface area contributed by atoms with Gasteiger partial charge in [-0.1, -0.05) is 111 Å². The molecule has 0 radical (unpaired) electrons. The van der Waals surface area contributed by atoms with Gasteiger partial charge in [0.15, 0.2) is 0 Å². The van der Waals surface area contributed by atoms with E-state index >= 15 is 0 Å². The number of aliphatic hydroxyl groups is 8. The van der Waals surface area contributed by atoms with Crippen LogP contribution in [0.3, 0.4) is 0 Å². The number of hydrogen-bond donors (Lipinski definition) is 8. The first kappa shape index (κ1) is 79.2. The Bertz CT molecular complexity index is 2500. The second-order valence-electron chi connectivity index (χ2n) is 26.9. The highest BCUT2D eigenvalue weighted by molar-refractivity contribution is 7.76. The van der Waals surface area contributed by atoms with Gasteiger partial charge in [0.05, 0.1) is 101 Å². The van der Waals surface area contributed by atoms with Crippen molar-refractivity contribution < 1.29 is 40.9 Å². The summed E-state index contributed by atoms with van der Waals surface area (Å²) in [6.45, 7) is 31.7. The monoisotopic (exact) mass is 1300 g/mol. The van der Waals surface area contributed by atoms with Crippen LogP contribution in [0.25, 0.3) is 0 Å². The Balaban J connectivity index is 2.33. The van der Waals surface area contributed by atoms with Crippen molar-refractivity contribution >= 4 is 86.8 Å². The minimum atomic E-state index is -1.37. The molecule has 18 heteroatoms. The van der Waals surface area contributed by atoms with Gasteiger partial charge >= 0.3 is 0 Å². The van der Waals surface area contributed by atoms with Crippen LogP contribution < -0.4 is 21.2 Å². The van der Waals surface area contributed by atoms with Gasteiger partial charge in [0.25, 0.3) is 0 Å². The molecule has 0 aromatic heterocycles. The highest BCUT2D eigenvalue weighted by atomic mass is 31.1. The fraction of sp³-hybridized carbons (Fsp3) is 0.568. The SMILES string of the molecule is CC(C)[C@H](CO)N=Cc1cc(C=N[C@@H](CO)C(C)C)cc(P(CCP(c2cc(C=N[C@@H](CO)C(C)C)cc(C=N[C@@H](CO)C(C)C)c2)c2cc(C=N[C@@H](CO)C(C)C)cc(C=N[C@@H](CO)C(C)C)c2)c2cc(C=N[C@@H](CO)C(C)C)cc(C=N[C@@H](CO)C(C)C)c2)c1. The third kappa shape index (κ3) is 25.8. The zero-order valence-electron chi connectivity index (χ0n) is 57.9. The number of benzene rings is 4. The van der Waals surface area contributed by atoms with E-state index in [0.29, 0.717) is 12.3 Å². The van der Waals surface area contributed by atoms with Gasteiger partial charge in [-0.3, -0.25) is 39.9 Å². The van der Waals surface area contributed by atoms with E-state index in [2.05, 4.69) is 48.5 Å². The van der Waals surface area contributed by atoms with E-state index in [1.807, 2.05) is 185 Å². The molecule has 0 aliphatic rings. The Morgan fingerprint density at radius 1 is 0.228 bits per heavy atom. The van der Waals surface area contributed by atoms with Crippen molar-refractivity contribution in [2.45, 2.75) is 159 Å². The molecule has 0 bridgehead atoms. The molecule has 0 spiro atoms. The Morgan fingerprint density at radius 2 is 0.348 bits per heavy atom. The van der Waals surface area contributed by atoms with Crippen molar-refractivity contribution in [2.24, 2.45) is 87.3 Å². The zero-order chi connectivity index (χ0) is 68.2. The normalized spacial score (nSPS) is 16.5. The average Bonchev–Trinajstić information content (AvgIpc) is 0.831. The summed E-state index contributed by atoms with van der Waals surface area (Å²) in [6.07, 6.45) is 15.9. The van der Waals surface area contributed by atoms with E-state index in [1.165, 1.54) is 0 Å². The Morgan fingerprint density at radius 3 is 0.446 bits per heavy atom. The van der Waals surface area contributed by atoms with E-state index in [4.69, 9.17) is 39.9 Å². The third-order valence-electron chi connectivity index (χ3n) is 16.6. The predicted octanol–water partition coefficient (Wildman–Crippen LogP) is 8.74. The maximum Gasteiger partial charge on any atom is 0.0753 e. The average molecular weight is 1300 g/mol. The van der Waals surface area contributed by atoms with Gasteiger partial charge in [0.1, 0.15) is 0 Å². The second kappa shape index (κ2) is 40.9. The topological polar surface area (TPSA) is 261 Å². The molecule has 0 saturated heterocycles. The number of aliphatic imine (C=N–C) groups is 8. The molecule has 4 rings (SSSR count). The van der Waals surface area contributed by atoms with Crippen LogP contribution in [0, 0.1) is 47.3 Å². The lowest BCUT2D eigenvalue weighted by Gasteiger charge is -2.26. The maximum atomic E-state index is 10.5. The summed E-state index contributed by atoms with van der Waals surface area (Å²) < 4.78 is 0. The fourth-order valence-corrected chi connectivity index (χ4v) is 15.4. The Kier molecular flexibility index (Phi) is 35.2. The van der Waals surface area contributed by atoms with E-state index in [1.54, 1.807) is 0 Å². The van der Waals surface area contributed by atoms with Crippen molar-refractivity contribution in [3.8, 4) is 0 Å². The molecule has 8 N–H and O–H groups in total. The molecule has 92 heavy (non-hydrogen) atoms. The lowest BCUT2D eigenvalue weighted by molar-refractivity contribution is 0.240. The van der Waals surface area contributed by atoms with Gasteiger partial charge < -0.3 is 40.9 Å². The van der Waals surface area contributed by atoms with Crippen LogP contribution in [-0.2, 0) is 0 Å². The predicted molar refractivity (Wildman–Crippen MR) is 394 cm³/mol. The molecule has 4 aromatic carbocycles. The molecule has 0 aliphatic heterocycles. The summed E-state index contributed by atoms with van der Waals surface area (Å²) in [5, 5.41) is 88.1. The zero-order valence-corrected chi connectivity index (χ0v) is 59.7. The van der Waals surface area contributed by atoms with Crippen molar-refractivity contribution in [1.82, 2.24) is 0 Å². The van der Waals surface area contributed by atoms with Gasteiger partial charge in [-0.2, -0.15) is 0 Å². The Labute approximate surface area is 553 Å². The van der Waals surface area contributed by atoms with Crippen LogP contribution in [0.15, 0.2) is 113 Å². The van der Waals surface area contributed by atoms with Gasteiger partial charge in [0.2, 0.25) is 0 Å². The number of nitrogens with zero attached hydrogens (tertiary/aromatic N) is 8. The number of hydrogen-bond acceptors (Lipinski definition) is 16. The minimum absolute atomic E-state index is 0.0725. The first-order valence-corrected chi connectivity index (χ1v) is 36.1. The molecule has 16 nitrogen and oxygen atoms in total. The van der Waals surface area contributed by atoms with Crippen molar-refractivity contribution in [1.29, 1.82) is 0 Å². The van der Waals surface area contributed by atoms with Crippen LogP contribution in [0.5, 0.6) is 0 Å². The van der Waals surface area contributed by atoms with E-state index in [0.717, 1.165) is 65.7 Å². The molecule has 4 aromatic rings. The van der Waals surface area contributed by atoms with Crippen LogP contribution in [0.2, 0.25) is 0 Å². The van der Waals surface area contributed by atoms with E-state index < -0.39 is 15.8 Å². The van der Waals surface area contributed by atoms with E-state index in [9.17, 15) is 40.9 Å². The van der Waals surface area contributed by atoms with Crippen molar-refractivity contribution in [3.63, 3.8) is 0 Å². The van der Waals surface area contributed by atoms with Crippen LogP contribution in [-0.4, -0.2) is 204 Å². The van der Waals surface area contributed by atoms with E-state index in [-0.39, 0.29) is 149 Å². The largest absolute Gasteiger partial charge is 0.394 e. The first-order chi connectivity index (χ1) is 43.8. The van der Waals surface area contributed by atoms with Gasteiger partial charge in [0, 0.05) is 49.7 Å². The fourth-order valence-electron chi connectivity index (χ4n) is 9.77. The van der Waals surface area contributed by atoms with Gasteiger partial charge in [-0.15, -0.1) is 0 Å². The summed E-state index contributed by atoms with van der Waals surface area (Å²) in [5.41, 5.74) is 6.52. The summed E-state index contributed by atoms with van der Waals surface area (Å²) >= 11 is 0. The molecule has 0 saturated carbocycles. The quantitative estimate of drug-likeness (QED) is 0.0158. The summed E-state index contributed by atoms with van der Waals surface area (Å²) in [4.78, 5) is 39.6. The summed E-state index contributed by atoms with van der Waals surface area (Å²) in [7, 11) is -2.74. The third-order valence-corrected chi connectivity index (χ3v) is 21.8. The molecule has 0 amide bonds. The molecular weight excluding hydrogens is 1190 g/mol. The molecule has 0 heterocycles. The van der Waals surface area contributed by atoms with Crippen LogP contribution in [0.4, 0.5) is 0 Å². The second-order valence-corrected chi connectivity index (χ2v) is 31.6. The molecule has 0 aliphatic carbocycles. The molecular formula is C74H112N8O8P2. The summed E-state index contributed by atoms with van der Waals surface area (Å²) in [5.74, 6) is 0.580. The molecule has 8 atom stereocenters. The van der Waals surface area contributed by atoms with Crippen LogP contribution in [0.1, 0.15) is 155 Å². The van der Waals surface area contributed by atoms with Gasteiger partial charge in [-0.25, -0.2) is 0 Å². The van der Waals surface area contributed by atoms with Crippen molar-refractivity contribution in [2.75, 3.05) is 65.2 Å². The van der Waals surface area contributed by atoms with Crippen molar-refractivity contribution in [3.05, 3.63) is 117 Å². The highest BCUT2D eigenvalue weighted by Gasteiger charge is 2.25. The maximum absolute atomic E-state index is 10.5. The van der Waals surface area contributed by atoms with Crippen LogP contribution >= 0.6 is 15.8 Å². The lowest BCUT2D eigenvalue weighted by atomic mass is 10.1. The number of rotatable bonds is 39. The smallest absolute Gasteiger partial charge is 0.0753 e. The molecule has 0 fully saturated rings. The lowest BCUT2D eigenvalue weighted by Crippen LogP contribution is -2.23. The standard InChI is InChI=1S/C74H112N8O8P2/c1-47(2)67(39-83)75-31-55-19-56(32-76-68(40-84)48(3)4)24-63(23-55)91(64-25-57(33-77-69(41-85)49(5)6)20-58(26-64)34-78-70(42-86)50(7)8)17-18-92(65-27-59(35-79-71(43-87)51(9)10)21-60(28-65)36-80-72(44-88)52(11)12)66-29-61(37-81-73(45-89)53(13)14)22-62(30-66)38-82-74(46-90)54(15)16/h19-38,47-54,67-74,83-90H,17-18,39-46H2,1-16H3/t67-,68-,69-,70-,71-,72-,73-,74-,91?,92?/m0/s1. The minimum Gasteiger partial charge on any atom is -0.394 e. The molecule has 506 valence electrons. The van der Waals surface area contributed by atoms with Gasteiger partial charge in [-0.05, 0) is 214 Å². The summed E-state index contributed by atoms with van der Waals surface area (Å²) in [6, 6.07) is 22.9.